The van der Waals surface area contributed by atoms with E-state index in [1.165, 1.54) is 18.4 Å². The highest BCUT2D eigenvalue weighted by Gasteiger charge is 2.18. The first kappa shape index (κ1) is 17.0. The fraction of sp³-hybridized carbons (Fsp3) is 0.647. The molecule has 1 aromatic carbocycles. The second-order valence-electron chi connectivity index (χ2n) is 5.35. The van der Waals surface area contributed by atoms with Gasteiger partial charge in [0.2, 0.25) is 0 Å². The molecule has 0 radical (unpaired) electrons. The second kappa shape index (κ2) is 9.78. The first-order valence-electron chi connectivity index (χ1n) is 7.56. The zero-order chi connectivity index (χ0) is 14.8. The summed E-state index contributed by atoms with van der Waals surface area (Å²) in [5.74, 6) is 2.11. The monoisotopic (exact) mass is 279 g/mol. The molecule has 0 aliphatic heterocycles. The Morgan fingerprint density at radius 1 is 1.25 bits per heavy atom. The normalized spacial score (nSPS) is 14.0. The van der Waals surface area contributed by atoms with Gasteiger partial charge in [-0.25, -0.2) is 0 Å². The lowest BCUT2D eigenvalue weighted by atomic mass is 9.84. The quantitative estimate of drug-likeness (QED) is 0.665. The zero-order valence-electron chi connectivity index (χ0n) is 13.3. The highest BCUT2D eigenvalue weighted by atomic mass is 16.5. The van der Waals surface area contributed by atoms with E-state index in [9.17, 15) is 0 Å². The fourth-order valence-corrected chi connectivity index (χ4v) is 2.61. The van der Waals surface area contributed by atoms with E-state index >= 15 is 0 Å². The Morgan fingerprint density at radius 3 is 2.70 bits per heavy atom. The number of hydrogen-bond donors (Lipinski definition) is 1. The molecule has 0 saturated carbocycles. The lowest BCUT2D eigenvalue weighted by Crippen LogP contribution is -2.28. The van der Waals surface area contributed by atoms with Crippen LogP contribution in [0.4, 0.5) is 0 Å². The predicted molar refractivity (Wildman–Crippen MR) is 84.6 cm³/mol. The summed E-state index contributed by atoms with van der Waals surface area (Å²) in [4.78, 5) is 0. The molecule has 2 atom stereocenters. The van der Waals surface area contributed by atoms with Crippen molar-refractivity contribution >= 4 is 0 Å². The molecule has 0 heterocycles. The number of nitrogens with one attached hydrogen (secondary N) is 1. The molecule has 1 aromatic rings. The second-order valence-corrected chi connectivity index (χ2v) is 5.35. The number of benzene rings is 1. The van der Waals surface area contributed by atoms with Gasteiger partial charge in [0.1, 0.15) is 5.75 Å². The van der Waals surface area contributed by atoms with Gasteiger partial charge in [-0.3, -0.25) is 0 Å². The third-order valence-corrected chi connectivity index (χ3v) is 3.80. The summed E-state index contributed by atoms with van der Waals surface area (Å²) in [6, 6.07) is 8.45. The molecule has 20 heavy (non-hydrogen) atoms. The Hall–Kier alpha value is -1.06. The van der Waals surface area contributed by atoms with Crippen molar-refractivity contribution < 1.29 is 9.47 Å². The van der Waals surface area contributed by atoms with Gasteiger partial charge < -0.3 is 14.8 Å². The Kier molecular flexibility index (Phi) is 8.31. The molecule has 3 nitrogen and oxygen atoms in total. The molecule has 1 rings (SSSR count). The maximum Gasteiger partial charge on any atom is 0.119 e. The van der Waals surface area contributed by atoms with Crippen LogP contribution in [0.5, 0.6) is 5.75 Å². The third kappa shape index (κ3) is 5.51. The van der Waals surface area contributed by atoms with E-state index in [4.69, 9.17) is 9.47 Å². The van der Waals surface area contributed by atoms with E-state index in [2.05, 4.69) is 37.4 Å². The number of ether oxygens (including phenoxy) is 2. The van der Waals surface area contributed by atoms with Gasteiger partial charge in [-0.15, -0.1) is 0 Å². The van der Waals surface area contributed by atoms with Gasteiger partial charge in [0, 0.05) is 20.2 Å². The molecule has 3 heteroatoms. The molecule has 0 saturated heterocycles. The van der Waals surface area contributed by atoms with Gasteiger partial charge in [0.25, 0.3) is 0 Å². The van der Waals surface area contributed by atoms with Crippen LogP contribution in [-0.2, 0) is 4.74 Å². The molecular weight excluding hydrogens is 250 g/mol. The Morgan fingerprint density at radius 2 is 2.05 bits per heavy atom. The highest BCUT2D eigenvalue weighted by molar-refractivity contribution is 5.31. The van der Waals surface area contributed by atoms with Crippen molar-refractivity contribution in [2.75, 3.05) is 33.9 Å². The number of rotatable bonds is 10. The van der Waals surface area contributed by atoms with Crippen molar-refractivity contribution in [2.24, 2.45) is 5.92 Å². The molecule has 0 aliphatic rings. The van der Waals surface area contributed by atoms with Gasteiger partial charge in [0.15, 0.2) is 0 Å². The van der Waals surface area contributed by atoms with Crippen molar-refractivity contribution in [1.82, 2.24) is 5.32 Å². The van der Waals surface area contributed by atoms with E-state index < -0.39 is 0 Å². The third-order valence-electron chi connectivity index (χ3n) is 3.80. The van der Waals surface area contributed by atoms with Crippen LogP contribution in [0.2, 0.25) is 0 Å². The summed E-state index contributed by atoms with van der Waals surface area (Å²) in [5.41, 5.74) is 1.36. The molecule has 0 amide bonds. The van der Waals surface area contributed by atoms with Crippen molar-refractivity contribution in [3.8, 4) is 5.75 Å². The number of hydrogen-bond acceptors (Lipinski definition) is 3. The molecule has 0 fully saturated rings. The van der Waals surface area contributed by atoms with E-state index in [1.54, 1.807) is 14.2 Å². The highest BCUT2D eigenvalue weighted by Crippen LogP contribution is 2.29. The maximum atomic E-state index is 5.35. The van der Waals surface area contributed by atoms with Crippen LogP contribution in [0.25, 0.3) is 0 Å². The summed E-state index contributed by atoms with van der Waals surface area (Å²) in [5, 5.41) is 3.50. The van der Waals surface area contributed by atoms with E-state index in [-0.39, 0.29) is 0 Å². The molecule has 0 aromatic heterocycles. The molecule has 1 N–H and O–H groups in total. The average molecular weight is 279 g/mol. The Bertz CT molecular complexity index is 368. The van der Waals surface area contributed by atoms with Gasteiger partial charge in [-0.2, -0.15) is 0 Å². The minimum absolute atomic E-state index is 0.516. The van der Waals surface area contributed by atoms with Crippen molar-refractivity contribution in [2.45, 2.75) is 32.6 Å². The molecule has 0 spiro atoms. The van der Waals surface area contributed by atoms with Gasteiger partial charge >= 0.3 is 0 Å². The van der Waals surface area contributed by atoms with Gasteiger partial charge in [-0.1, -0.05) is 38.8 Å². The Labute approximate surface area is 123 Å². The fourth-order valence-electron chi connectivity index (χ4n) is 2.61. The lowest BCUT2D eigenvalue weighted by Gasteiger charge is -2.25. The van der Waals surface area contributed by atoms with Crippen LogP contribution in [-0.4, -0.2) is 33.9 Å². The number of methoxy groups -OCH3 is 2. The van der Waals surface area contributed by atoms with Crippen LogP contribution in [0.3, 0.4) is 0 Å². The van der Waals surface area contributed by atoms with Gasteiger partial charge in [-0.05, 0) is 29.5 Å². The van der Waals surface area contributed by atoms with E-state index in [0.717, 1.165) is 25.4 Å². The van der Waals surface area contributed by atoms with Crippen LogP contribution < -0.4 is 10.1 Å². The largest absolute Gasteiger partial charge is 0.497 e. The molecule has 114 valence electrons. The smallest absolute Gasteiger partial charge is 0.119 e. The van der Waals surface area contributed by atoms with Crippen LogP contribution in [0.1, 0.15) is 38.2 Å². The first-order chi connectivity index (χ1) is 9.72. The molecule has 0 bridgehead atoms. The molecular formula is C17H29NO2. The summed E-state index contributed by atoms with van der Waals surface area (Å²) in [6.07, 6.45) is 2.47. The summed E-state index contributed by atoms with van der Waals surface area (Å²) < 4.78 is 10.4. The summed E-state index contributed by atoms with van der Waals surface area (Å²) >= 11 is 0. The lowest BCUT2D eigenvalue weighted by molar-refractivity contribution is 0.198. The van der Waals surface area contributed by atoms with E-state index in [1.807, 2.05) is 6.07 Å². The maximum absolute atomic E-state index is 5.35. The average Bonchev–Trinajstić information content (AvgIpc) is 2.47. The van der Waals surface area contributed by atoms with E-state index in [0.29, 0.717) is 11.8 Å². The minimum atomic E-state index is 0.516. The molecule has 0 aliphatic carbocycles. The minimum Gasteiger partial charge on any atom is -0.497 e. The van der Waals surface area contributed by atoms with Crippen LogP contribution in [0, 0.1) is 5.92 Å². The first-order valence-corrected chi connectivity index (χ1v) is 7.56. The summed E-state index contributed by atoms with van der Waals surface area (Å²) in [6.45, 7) is 7.23. The Balaban J connectivity index is 2.74. The standard InChI is InChI=1S/C17H29NO2/c1-5-7-14(2)17(13-18-10-11-19-3)15-8-6-9-16(12-15)20-4/h6,8-9,12,14,17-18H,5,7,10-11,13H2,1-4H3. The predicted octanol–water partition coefficient (Wildman–Crippen LogP) is 3.45. The van der Waals surface area contributed by atoms with Crippen molar-refractivity contribution in [3.05, 3.63) is 29.8 Å². The topological polar surface area (TPSA) is 30.5 Å². The SMILES string of the molecule is CCCC(C)C(CNCCOC)c1cccc(OC)c1. The van der Waals surface area contributed by atoms with Crippen LogP contribution >= 0.6 is 0 Å². The van der Waals surface area contributed by atoms with Crippen molar-refractivity contribution in [1.29, 1.82) is 0 Å². The molecule has 2 unspecified atom stereocenters. The van der Waals surface area contributed by atoms with Crippen molar-refractivity contribution in [3.63, 3.8) is 0 Å². The van der Waals surface area contributed by atoms with Crippen LogP contribution in [0.15, 0.2) is 24.3 Å². The zero-order valence-corrected chi connectivity index (χ0v) is 13.3. The van der Waals surface area contributed by atoms with Gasteiger partial charge in [0.05, 0.1) is 13.7 Å². The summed E-state index contributed by atoms with van der Waals surface area (Å²) in [7, 11) is 3.46.